The summed E-state index contributed by atoms with van der Waals surface area (Å²) in [4.78, 5) is 8.61. The highest BCUT2D eigenvalue weighted by Gasteiger charge is 2.06. The van der Waals surface area contributed by atoms with Gasteiger partial charge < -0.3 is 5.32 Å². The van der Waals surface area contributed by atoms with E-state index in [0.717, 1.165) is 30.0 Å². The van der Waals surface area contributed by atoms with E-state index < -0.39 is 0 Å². The second-order valence-electron chi connectivity index (χ2n) is 4.16. The van der Waals surface area contributed by atoms with Gasteiger partial charge >= 0.3 is 0 Å². The van der Waals surface area contributed by atoms with Crippen LogP contribution in [0.4, 0.5) is 5.82 Å². The van der Waals surface area contributed by atoms with Crippen LogP contribution in [-0.2, 0) is 13.5 Å². The summed E-state index contributed by atoms with van der Waals surface area (Å²) in [5.41, 5.74) is 2.91. The van der Waals surface area contributed by atoms with Crippen molar-refractivity contribution in [2.45, 2.75) is 20.3 Å². The molecule has 0 bridgehead atoms. The molecule has 0 aliphatic heterocycles. The Morgan fingerprint density at radius 1 is 1.28 bits per heavy atom. The first-order valence-corrected chi connectivity index (χ1v) is 6.17. The van der Waals surface area contributed by atoms with Gasteiger partial charge in [-0.05, 0) is 19.9 Å². The van der Waals surface area contributed by atoms with Crippen LogP contribution in [-0.4, -0.2) is 26.3 Å². The van der Waals surface area contributed by atoms with E-state index in [1.54, 1.807) is 6.20 Å². The van der Waals surface area contributed by atoms with Crippen LogP contribution in [0.1, 0.15) is 17.1 Å². The Morgan fingerprint density at radius 3 is 2.67 bits per heavy atom. The molecule has 5 nitrogen and oxygen atoms in total. The molecule has 0 saturated heterocycles. The number of anilines is 1. The smallest absolute Gasteiger partial charge is 0.171 e. The number of aryl methyl sites for hydroxylation is 3. The molecule has 0 unspecified atom stereocenters. The van der Waals surface area contributed by atoms with Gasteiger partial charge in [0.2, 0.25) is 0 Å². The molecule has 6 heteroatoms. The zero-order valence-corrected chi connectivity index (χ0v) is 11.5. The van der Waals surface area contributed by atoms with Gasteiger partial charge in [0, 0.05) is 31.9 Å². The molecule has 0 spiro atoms. The summed E-state index contributed by atoms with van der Waals surface area (Å²) in [6.07, 6.45) is 2.65. The van der Waals surface area contributed by atoms with Gasteiger partial charge in [-0.2, -0.15) is 5.10 Å². The van der Waals surface area contributed by atoms with Gasteiger partial charge in [-0.15, -0.1) is 0 Å². The van der Waals surface area contributed by atoms with Crippen LogP contribution in [0.3, 0.4) is 0 Å². The molecule has 0 aromatic carbocycles. The van der Waals surface area contributed by atoms with Gasteiger partial charge in [0.1, 0.15) is 0 Å². The molecule has 18 heavy (non-hydrogen) atoms. The van der Waals surface area contributed by atoms with Crippen molar-refractivity contribution < 1.29 is 0 Å². The van der Waals surface area contributed by atoms with Crippen LogP contribution in [0, 0.1) is 13.8 Å². The van der Waals surface area contributed by atoms with E-state index in [-0.39, 0.29) is 0 Å². The molecule has 0 atom stereocenters. The third-order valence-corrected chi connectivity index (χ3v) is 3.12. The van der Waals surface area contributed by atoms with Gasteiger partial charge in [-0.1, -0.05) is 11.6 Å². The minimum atomic E-state index is 0.420. The third-order valence-electron chi connectivity index (χ3n) is 2.86. The van der Waals surface area contributed by atoms with Crippen molar-refractivity contribution in [1.29, 1.82) is 0 Å². The molecule has 0 aliphatic rings. The predicted molar refractivity (Wildman–Crippen MR) is 71.9 cm³/mol. The zero-order chi connectivity index (χ0) is 13.1. The summed E-state index contributed by atoms with van der Waals surface area (Å²) in [7, 11) is 1.93. The number of hydrogen-bond acceptors (Lipinski definition) is 4. The lowest BCUT2D eigenvalue weighted by Gasteiger charge is -2.09. The fourth-order valence-corrected chi connectivity index (χ4v) is 1.88. The van der Waals surface area contributed by atoms with E-state index in [2.05, 4.69) is 20.4 Å². The molecule has 0 aliphatic carbocycles. The van der Waals surface area contributed by atoms with Gasteiger partial charge in [0.25, 0.3) is 0 Å². The summed E-state index contributed by atoms with van der Waals surface area (Å²) in [6, 6.07) is 2.00. The first-order valence-electron chi connectivity index (χ1n) is 5.79. The van der Waals surface area contributed by atoms with Crippen molar-refractivity contribution in [1.82, 2.24) is 19.7 Å². The van der Waals surface area contributed by atoms with Crippen molar-refractivity contribution in [3.63, 3.8) is 0 Å². The summed E-state index contributed by atoms with van der Waals surface area (Å²) in [5, 5.41) is 7.74. The molecule has 2 aromatic heterocycles. The maximum Gasteiger partial charge on any atom is 0.171 e. The number of aromatic nitrogens is 4. The standard InChI is InChI=1S/C12H16ClN5/c1-8-9(2)17-12(11(13)16-8)14-6-4-10-5-7-15-18(10)3/h5,7H,4,6H2,1-3H3,(H,14,17). The van der Waals surface area contributed by atoms with Crippen LogP contribution in [0.25, 0.3) is 0 Å². The summed E-state index contributed by atoms with van der Waals surface area (Å²) in [6.45, 7) is 4.56. The maximum atomic E-state index is 6.04. The van der Waals surface area contributed by atoms with E-state index in [1.165, 1.54) is 0 Å². The summed E-state index contributed by atoms with van der Waals surface area (Å²) in [5.74, 6) is 0.641. The molecule has 0 radical (unpaired) electrons. The van der Waals surface area contributed by atoms with Crippen molar-refractivity contribution >= 4 is 17.4 Å². The lowest BCUT2D eigenvalue weighted by Crippen LogP contribution is -2.11. The zero-order valence-electron chi connectivity index (χ0n) is 10.7. The Hall–Kier alpha value is -1.62. The molecule has 0 amide bonds. The average Bonchev–Trinajstić information content (AvgIpc) is 2.72. The van der Waals surface area contributed by atoms with Crippen LogP contribution >= 0.6 is 11.6 Å². The van der Waals surface area contributed by atoms with E-state index in [4.69, 9.17) is 11.6 Å². The Morgan fingerprint density at radius 2 is 2.00 bits per heavy atom. The number of halogens is 1. The molecular formula is C12H16ClN5. The van der Waals surface area contributed by atoms with E-state index in [0.29, 0.717) is 11.0 Å². The van der Waals surface area contributed by atoms with E-state index in [9.17, 15) is 0 Å². The van der Waals surface area contributed by atoms with E-state index in [1.807, 2.05) is 31.6 Å². The SMILES string of the molecule is Cc1nc(Cl)c(NCCc2ccnn2C)nc1C. The number of nitrogens with zero attached hydrogens (tertiary/aromatic N) is 4. The Balaban J connectivity index is 1.99. The minimum Gasteiger partial charge on any atom is -0.367 e. The lowest BCUT2D eigenvalue weighted by molar-refractivity contribution is 0.711. The molecule has 2 aromatic rings. The Kier molecular flexibility index (Phi) is 3.81. The van der Waals surface area contributed by atoms with Crippen molar-refractivity contribution in [3.05, 3.63) is 34.5 Å². The first-order chi connectivity index (χ1) is 8.58. The monoisotopic (exact) mass is 265 g/mol. The lowest BCUT2D eigenvalue weighted by atomic mass is 10.3. The molecule has 0 fully saturated rings. The van der Waals surface area contributed by atoms with Crippen molar-refractivity contribution in [3.8, 4) is 0 Å². The predicted octanol–water partition coefficient (Wildman–Crippen LogP) is 2.13. The maximum absolute atomic E-state index is 6.04. The number of hydrogen-bond donors (Lipinski definition) is 1. The van der Waals surface area contributed by atoms with Gasteiger partial charge in [0.15, 0.2) is 11.0 Å². The molecular weight excluding hydrogens is 250 g/mol. The van der Waals surface area contributed by atoms with Gasteiger partial charge in [-0.25, -0.2) is 9.97 Å². The van der Waals surface area contributed by atoms with E-state index >= 15 is 0 Å². The second kappa shape index (κ2) is 5.35. The number of nitrogens with one attached hydrogen (secondary N) is 1. The summed E-state index contributed by atoms with van der Waals surface area (Å²) >= 11 is 6.04. The fourth-order valence-electron chi connectivity index (χ4n) is 1.64. The van der Waals surface area contributed by atoms with Crippen molar-refractivity contribution in [2.75, 3.05) is 11.9 Å². The largest absolute Gasteiger partial charge is 0.367 e. The molecule has 2 rings (SSSR count). The summed E-state index contributed by atoms with van der Waals surface area (Å²) < 4.78 is 1.86. The highest BCUT2D eigenvalue weighted by Crippen LogP contribution is 2.18. The Bertz CT molecular complexity index is 549. The highest BCUT2D eigenvalue weighted by molar-refractivity contribution is 6.31. The van der Waals surface area contributed by atoms with Crippen molar-refractivity contribution in [2.24, 2.45) is 7.05 Å². The normalized spacial score (nSPS) is 10.7. The highest BCUT2D eigenvalue weighted by atomic mass is 35.5. The molecule has 2 heterocycles. The average molecular weight is 266 g/mol. The van der Waals surface area contributed by atoms with Crippen LogP contribution in [0.2, 0.25) is 5.15 Å². The first kappa shape index (κ1) is 12.8. The third kappa shape index (κ3) is 2.79. The quantitative estimate of drug-likeness (QED) is 0.920. The fraction of sp³-hybridized carbons (Fsp3) is 0.417. The van der Waals surface area contributed by atoms with Crippen LogP contribution in [0.5, 0.6) is 0 Å². The second-order valence-corrected chi connectivity index (χ2v) is 4.51. The van der Waals surface area contributed by atoms with Crippen LogP contribution < -0.4 is 5.32 Å². The van der Waals surface area contributed by atoms with Crippen LogP contribution in [0.15, 0.2) is 12.3 Å². The van der Waals surface area contributed by atoms with Gasteiger partial charge in [0.05, 0.1) is 11.4 Å². The van der Waals surface area contributed by atoms with Gasteiger partial charge in [-0.3, -0.25) is 4.68 Å². The topological polar surface area (TPSA) is 55.6 Å². The minimum absolute atomic E-state index is 0.420. The molecule has 1 N–H and O–H groups in total. The number of rotatable bonds is 4. The molecule has 0 saturated carbocycles. The Labute approximate surface area is 111 Å². The molecule has 96 valence electrons.